The molecular formula is C12H12F2O2. The molecule has 0 saturated heterocycles. The maximum absolute atomic E-state index is 13.3. The highest BCUT2D eigenvalue weighted by molar-refractivity contribution is 5.41. The zero-order chi connectivity index (χ0) is 12.0. The molecule has 1 aromatic rings. The van der Waals surface area contributed by atoms with Gasteiger partial charge in [0, 0.05) is 25.2 Å². The molecule has 4 heteroatoms. The number of benzene rings is 1. The lowest BCUT2D eigenvalue weighted by molar-refractivity contribution is 0.290. The van der Waals surface area contributed by atoms with Crippen LogP contribution in [0.1, 0.15) is 18.4 Å². The van der Waals surface area contributed by atoms with Crippen LogP contribution in [0.2, 0.25) is 0 Å². The molecule has 1 N–H and O–H groups in total. The van der Waals surface area contributed by atoms with Crippen molar-refractivity contribution in [3.63, 3.8) is 0 Å². The Labute approximate surface area is 92.9 Å². The summed E-state index contributed by atoms with van der Waals surface area (Å²) >= 11 is 0. The van der Waals surface area contributed by atoms with E-state index in [0.717, 1.165) is 12.1 Å². The van der Waals surface area contributed by atoms with Crippen molar-refractivity contribution in [2.45, 2.75) is 12.8 Å². The van der Waals surface area contributed by atoms with Crippen molar-refractivity contribution in [3.05, 3.63) is 29.3 Å². The number of methoxy groups -OCH3 is 1. The van der Waals surface area contributed by atoms with Crippen LogP contribution in [0.5, 0.6) is 5.75 Å². The van der Waals surface area contributed by atoms with Gasteiger partial charge in [-0.2, -0.15) is 0 Å². The first kappa shape index (κ1) is 12.5. The number of ether oxygens (including phenoxy) is 1. The van der Waals surface area contributed by atoms with E-state index in [0.29, 0.717) is 12.8 Å². The average molecular weight is 226 g/mol. The van der Waals surface area contributed by atoms with Gasteiger partial charge >= 0.3 is 0 Å². The van der Waals surface area contributed by atoms with Gasteiger partial charge in [0.05, 0.1) is 12.7 Å². The molecule has 86 valence electrons. The molecule has 0 unspecified atom stereocenters. The summed E-state index contributed by atoms with van der Waals surface area (Å²) in [5.74, 6) is 3.63. The van der Waals surface area contributed by atoms with E-state index in [1.807, 2.05) is 0 Å². The maximum atomic E-state index is 13.3. The van der Waals surface area contributed by atoms with Crippen molar-refractivity contribution in [2.24, 2.45) is 0 Å². The molecule has 0 aromatic heterocycles. The van der Waals surface area contributed by atoms with Gasteiger partial charge < -0.3 is 9.84 Å². The molecule has 1 aromatic carbocycles. The molecule has 0 bridgehead atoms. The quantitative estimate of drug-likeness (QED) is 0.631. The Hall–Kier alpha value is -1.60. The van der Waals surface area contributed by atoms with Crippen LogP contribution in [-0.4, -0.2) is 18.8 Å². The highest BCUT2D eigenvalue weighted by atomic mass is 19.1. The molecule has 0 atom stereocenters. The lowest BCUT2D eigenvalue weighted by atomic mass is 10.2. The molecule has 0 aliphatic heterocycles. The SMILES string of the molecule is COc1cc(F)c(C#CCCCO)c(F)c1. The van der Waals surface area contributed by atoms with Gasteiger partial charge in [0.15, 0.2) is 0 Å². The topological polar surface area (TPSA) is 29.5 Å². The number of unbranched alkanes of at least 4 members (excludes halogenated alkanes) is 1. The van der Waals surface area contributed by atoms with Gasteiger partial charge in [-0.15, -0.1) is 0 Å². The Morgan fingerprint density at radius 1 is 1.31 bits per heavy atom. The van der Waals surface area contributed by atoms with Crippen molar-refractivity contribution in [3.8, 4) is 17.6 Å². The fraction of sp³-hybridized carbons (Fsp3) is 0.333. The van der Waals surface area contributed by atoms with Gasteiger partial charge in [0.1, 0.15) is 17.4 Å². The maximum Gasteiger partial charge on any atom is 0.145 e. The zero-order valence-electron chi connectivity index (χ0n) is 8.89. The number of aliphatic hydroxyl groups excluding tert-OH is 1. The summed E-state index contributed by atoms with van der Waals surface area (Å²) in [6, 6.07) is 2.16. The summed E-state index contributed by atoms with van der Waals surface area (Å²) in [5.41, 5.74) is -0.265. The van der Waals surface area contributed by atoms with Crippen molar-refractivity contribution in [2.75, 3.05) is 13.7 Å². The fourth-order valence-corrected chi connectivity index (χ4v) is 1.11. The minimum Gasteiger partial charge on any atom is -0.497 e. The molecule has 0 heterocycles. The van der Waals surface area contributed by atoms with E-state index in [9.17, 15) is 8.78 Å². The van der Waals surface area contributed by atoms with E-state index in [-0.39, 0.29) is 17.9 Å². The van der Waals surface area contributed by atoms with E-state index < -0.39 is 11.6 Å². The third kappa shape index (κ3) is 3.21. The van der Waals surface area contributed by atoms with E-state index in [1.165, 1.54) is 7.11 Å². The van der Waals surface area contributed by atoms with Gasteiger partial charge in [-0.1, -0.05) is 11.8 Å². The second-order valence-electron chi connectivity index (χ2n) is 3.09. The second kappa shape index (κ2) is 6.09. The summed E-state index contributed by atoms with van der Waals surface area (Å²) in [4.78, 5) is 0. The monoisotopic (exact) mass is 226 g/mol. The van der Waals surface area contributed by atoms with Crippen molar-refractivity contribution < 1.29 is 18.6 Å². The van der Waals surface area contributed by atoms with Gasteiger partial charge in [-0.3, -0.25) is 0 Å². The van der Waals surface area contributed by atoms with Crippen LogP contribution in [-0.2, 0) is 0 Å². The first-order chi connectivity index (χ1) is 7.69. The van der Waals surface area contributed by atoms with Crippen LogP contribution >= 0.6 is 0 Å². The van der Waals surface area contributed by atoms with Crippen LogP contribution in [0.25, 0.3) is 0 Å². The summed E-state index contributed by atoms with van der Waals surface area (Å²) < 4.78 is 31.4. The van der Waals surface area contributed by atoms with Crippen LogP contribution in [0, 0.1) is 23.5 Å². The molecule has 0 spiro atoms. The highest BCUT2D eigenvalue weighted by Gasteiger charge is 2.08. The normalized spacial score (nSPS) is 9.50. The van der Waals surface area contributed by atoms with E-state index in [4.69, 9.17) is 9.84 Å². The second-order valence-corrected chi connectivity index (χ2v) is 3.09. The smallest absolute Gasteiger partial charge is 0.145 e. The Kier molecular flexibility index (Phi) is 4.74. The van der Waals surface area contributed by atoms with E-state index >= 15 is 0 Å². The Morgan fingerprint density at radius 3 is 2.44 bits per heavy atom. The molecule has 0 radical (unpaired) electrons. The van der Waals surface area contributed by atoms with Gasteiger partial charge in [0.2, 0.25) is 0 Å². The van der Waals surface area contributed by atoms with Crippen LogP contribution < -0.4 is 4.74 Å². The summed E-state index contributed by atoms with van der Waals surface area (Å²) in [6.45, 7) is 0.0161. The Morgan fingerprint density at radius 2 is 1.94 bits per heavy atom. The summed E-state index contributed by atoms with van der Waals surface area (Å²) in [6.07, 6.45) is 0.897. The molecule has 16 heavy (non-hydrogen) atoms. The van der Waals surface area contributed by atoms with E-state index in [2.05, 4.69) is 11.8 Å². The zero-order valence-corrected chi connectivity index (χ0v) is 8.89. The fourth-order valence-electron chi connectivity index (χ4n) is 1.11. The van der Waals surface area contributed by atoms with Crippen molar-refractivity contribution in [1.29, 1.82) is 0 Å². The number of aliphatic hydroxyl groups is 1. The van der Waals surface area contributed by atoms with Crippen molar-refractivity contribution in [1.82, 2.24) is 0 Å². The molecule has 0 fully saturated rings. The first-order valence-corrected chi connectivity index (χ1v) is 4.81. The van der Waals surface area contributed by atoms with Crippen LogP contribution in [0.15, 0.2) is 12.1 Å². The number of hydrogen-bond donors (Lipinski definition) is 1. The largest absolute Gasteiger partial charge is 0.497 e. The van der Waals surface area contributed by atoms with Gasteiger partial charge in [-0.25, -0.2) is 8.78 Å². The summed E-state index contributed by atoms with van der Waals surface area (Å²) in [5, 5.41) is 8.51. The standard InChI is InChI=1S/C12H12F2O2/c1-16-9-7-11(13)10(12(14)8-9)5-3-2-4-6-15/h7-8,15H,2,4,6H2,1H3. The highest BCUT2D eigenvalue weighted by Crippen LogP contribution is 2.19. The third-order valence-electron chi connectivity index (χ3n) is 1.92. The molecule has 2 nitrogen and oxygen atoms in total. The minimum absolute atomic E-state index is 0.0161. The molecule has 0 amide bonds. The lowest BCUT2D eigenvalue weighted by Gasteiger charge is -2.02. The molecular weight excluding hydrogens is 214 g/mol. The van der Waals surface area contributed by atoms with Gasteiger partial charge in [0.25, 0.3) is 0 Å². The van der Waals surface area contributed by atoms with E-state index in [1.54, 1.807) is 0 Å². The molecule has 0 aliphatic rings. The number of halogens is 2. The number of hydrogen-bond acceptors (Lipinski definition) is 2. The van der Waals surface area contributed by atoms with Gasteiger partial charge in [-0.05, 0) is 6.42 Å². The summed E-state index contributed by atoms with van der Waals surface area (Å²) in [7, 11) is 1.33. The lowest BCUT2D eigenvalue weighted by Crippen LogP contribution is -1.93. The average Bonchev–Trinajstić information content (AvgIpc) is 2.26. The Bertz CT molecular complexity index is 396. The predicted octanol–water partition coefficient (Wildman–Crippen LogP) is 2.10. The number of rotatable bonds is 3. The first-order valence-electron chi connectivity index (χ1n) is 4.81. The molecule has 0 aliphatic carbocycles. The molecule has 1 rings (SSSR count). The third-order valence-corrected chi connectivity index (χ3v) is 1.92. The van der Waals surface area contributed by atoms with Crippen LogP contribution in [0.3, 0.4) is 0 Å². The Balaban J connectivity index is 2.90. The van der Waals surface area contributed by atoms with Crippen molar-refractivity contribution >= 4 is 0 Å². The molecule has 0 saturated carbocycles. The predicted molar refractivity (Wildman–Crippen MR) is 56.1 cm³/mol. The van der Waals surface area contributed by atoms with Crippen LogP contribution in [0.4, 0.5) is 8.78 Å². The minimum atomic E-state index is -0.742.